The maximum atomic E-state index is 13.8. The van der Waals surface area contributed by atoms with Crippen LogP contribution in [0.3, 0.4) is 0 Å². The fourth-order valence-corrected chi connectivity index (χ4v) is 4.81. The van der Waals surface area contributed by atoms with Gasteiger partial charge in [-0.05, 0) is 23.5 Å². The highest BCUT2D eigenvalue weighted by molar-refractivity contribution is 7.81. The van der Waals surface area contributed by atoms with Crippen LogP contribution in [0.15, 0.2) is 90.7 Å². The third-order valence-corrected chi connectivity index (χ3v) is 6.55. The second-order valence-electron chi connectivity index (χ2n) is 5.42. The smallest absolute Gasteiger partial charge is 0.164 e. The molecule has 0 aliphatic carbocycles. The lowest BCUT2D eigenvalue weighted by atomic mass is 10.2. The molecule has 0 N–H and O–H groups in total. The molecule has 0 saturated carbocycles. The highest BCUT2D eigenvalue weighted by Gasteiger charge is 2.23. The first-order chi connectivity index (χ1) is 11.7. The van der Waals surface area contributed by atoms with Crippen molar-refractivity contribution in [2.24, 2.45) is 0 Å². The molecular weight excluding hydrogens is 315 g/mol. The minimum absolute atomic E-state index is 0.784. The topological polar surface area (TPSA) is 26.3 Å². The van der Waals surface area contributed by atoms with Crippen molar-refractivity contribution >= 4 is 23.8 Å². The molecule has 24 heavy (non-hydrogen) atoms. The van der Waals surface area contributed by atoms with Crippen LogP contribution in [0.4, 0.5) is 0 Å². The van der Waals surface area contributed by atoms with E-state index in [0.717, 1.165) is 21.9 Å². The minimum atomic E-state index is -2.83. The molecular formula is C21H19O2P. The fourth-order valence-electron chi connectivity index (χ4n) is 2.56. The lowest BCUT2D eigenvalue weighted by Gasteiger charge is -2.15. The highest BCUT2D eigenvalue weighted by atomic mass is 31.2. The average Bonchev–Trinajstić information content (AvgIpc) is 2.67. The standard InChI is InChI=1S/C21H19O2P/c1-23-19-10-8-9-18(17-19)15-16-24(22,20-11-4-2-5-12-20)21-13-6-3-7-14-21/h2-17H,1H3/b16-15+. The van der Waals surface area contributed by atoms with Gasteiger partial charge in [0, 0.05) is 10.6 Å². The van der Waals surface area contributed by atoms with Crippen molar-refractivity contribution in [3.05, 3.63) is 96.3 Å². The Kier molecular flexibility index (Phi) is 4.98. The Labute approximate surface area is 142 Å². The summed E-state index contributed by atoms with van der Waals surface area (Å²) in [6, 6.07) is 27.0. The van der Waals surface area contributed by atoms with Crippen LogP contribution in [0.1, 0.15) is 5.56 Å². The van der Waals surface area contributed by atoms with Crippen molar-refractivity contribution in [2.75, 3.05) is 7.11 Å². The van der Waals surface area contributed by atoms with Crippen LogP contribution in [0, 0.1) is 0 Å². The Morgan fingerprint density at radius 2 is 1.38 bits per heavy atom. The van der Waals surface area contributed by atoms with Crippen molar-refractivity contribution in [1.82, 2.24) is 0 Å². The third-order valence-electron chi connectivity index (χ3n) is 3.85. The van der Waals surface area contributed by atoms with Gasteiger partial charge in [-0.2, -0.15) is 0 Å². The molecule has 3 aromatic rings. The van der Waals surface area contributed by atoms with Crippen molar-refractivity contribution in [1.29, 1.82) is 0 Å². The zero-order chi connectivity index (χ0) is 16.8. The van der Waals surface area contributed by atoms with E-state index < -0.39 is 7.14 Å². The molecule has 3 aromatic carbocycles. The molecule has 0 fully saturated rings. The molecule has 0 heterocycles. The first-order valence-electron chi connectivity index (χ1n) is 7.77. The summed E-state index contributed by atoms with van der Waals surface area (Å²) in [5.74, 6) is 2.61. The molecule has 0 amide bonds. The summed E-state index contributed by atoms with van der Waals surface area (Å²) in [4.78, 5) is 0. The molecule has 3 heteroatoms. The number of ether oxygens (including phenoxy) is 1. The van der Waals surface area contributed by atoms with Crippen LogP contribution >= 0.6 is 7.14 Å². The molecule has 0 bridgehead atoms. The lowest BCUT2D eigenvalue weighted by Crippen LogP contribution is -2.13. The first-order valence-corrected chi connectivity index (χ1v) is 9.54. The quantitative estimate of drug-likeness (QED) is 0.633. The van der Waals surface area contributed by atoms with Crippen molar-refractivity contribution < 1.29 is 9.30 Å². The van der Waals surface area contributed by atoms with Crippen molar-refractivity contribution in [3.8, 4) is 5.75 Å². The third kappa shape index (κ3) is 3.50. The van der Waals surface area contributed by atoms with Gasteiger partial charge in [0.2, 0.25) is 0 Å². The first kappa shape index (κ1) is 16.3. The van der Waals surface area contributed by atoms with E-state index in [2.05, 4.69) is 0 Å². The van der Waals surface area contributed by atoms with Gasteiger partial charge in [-0.25, -0.2) is 0 Å². The summed E-state index contributed by atoms with van der Waals surface area (Å²) in [6.45, 7) is 0. The Morgan fingerprint density at radius 1 is 0.792 bits per heavy atom. The number of benzene rings is 3. The van der Waals surface area contributed by atoms with Gasteiger partial charge in [0.1, 0.15) is 5.75 Å². The fraction of sp³-hybridized carbons (Fsp3) is 0.0476. The van der Waals surface area contributed by atoms with Gasteiger partial charge in [-0.15, -0.1) is 0 Å². The molecule has 0 radical (unpaired) electrons. The molecule has 120 valence electrons. The van der Waals surface area contributed by atoms with E-state index in [1.54, 1.807) is 7.11 Å². The van der Waals surface area contributed by atoms with Crippen LogP contribution < -0.4 is 15.3 Å². The summed E-state index contributed by atoms with van der Waals surface area (Å²) >= 11 is 0. The predicted octanol–water partition coefficient (Wildman–Crippen LogP) is 4.68. The second-order valence-corrected chi connectivity index (χ2v) is 8.07. The second kappa shape index (κ2) is 7.33. The summed E-state index contributed by atoms with van der Waals surface area (Å²) in [5, 5.41) is 1.66. The normalized spacial score (nSPS) is 11.5. The van der Waals surface area contributed by atoms with E-state index in [1.165, 1.54) is 0 Å². The zero-order valence-electron chi connectivity index (χ0n) is 13.5. The number of hydrogen-bond donors (Lipinski definition) is 0. The van der Waals surface area contributed by atoms with E-state index >= 15 is 0 Å². The summed E-state index contributed by atoms with van der Waals surface area (Å²) < 4.78 is 19.1. The zero-order valence-corrected chi connectivity index (χ0v) is 14.4. The molecule has 0 unspecified atom stereocenters. The van der Waals surface area contributed by atoms with Crippen LogP contribution in [0.25, 0.3) is 6.08 Å². The highest BCUT2D eigenvalue weighted by Crippen LogP contribution is 2.45. The molecule has 0 aliphatic rings. The minimum Gasteiger partial charge on any atom is -0.497 e. The summed E-state index contributed by atoms with van der Waals surface area (Å²) in [5.41, 5.74) is 0.960. The molecule has 3 rings (SSSR count). The molecule has 0 spiro atoms. The largest absolute Gasteiger partial charge is 0.497 e. The van der Waals surface area contributed by atoms with Gasteiger partial charge in [-0.1, -0.05) is 78.9 Å². The maximum Gasteiger partial charge on any atom is 0.164 e. The maximum absolute atomic E-state index is 13.8. The van der Waals surface area contributed by atoms with Gasteiger partial charge in [-0.3, -0.25) is 0 Å². The van der Waals surface area contributed by atoms with Crippen LogP contribution in [0.5, 0.6) is 5.75 Å². The van der Waals surface area contributed by atoms with E-state index in [-0.39, 0.29) is 0 Å². The SMILES string of the molecule is COc1cccc(/C=C/P(=O)(c2ccccc2)c2ccccc2)c1. The monoisotopic (exact) mass is 334 g/mol. The number of hydrogen-bond acceptors (Lipinski definition) is 2. The van der Waals surface area contributed by atoms with Crippen LogP contribution in [-0.2, 0) is 4.57 Å². The van der Waals surface area contributed by atoms with Crippen molar-refractivity contribution in [3.63, 3.8) is 0 Å². The average molecular weight is 334 g/mol. The molecule has 0 aromatic heterocycles. The van der Waals surface area contributed by atoms with Crippen LogP contribution in [0.2, 0.25) is 0 Å². The van der Waals surface area contributed by atoms with Gasteiger partial charge >= 0.3 is 0 Å². The molecule has 2 nitrogen and oxygen atoms in total. The Bertz CT molecular complexity index is 827. The predicted molar refractivity (Wildman–Crippen MR) is 102 cm³/mol. The Hall–Kier alpha value is -2.57. The van der Waals surface area contributed by atoms with E-state index in [9.17, 15) is 4.57 Å². The molecule has 0 atom stereocenters. The van der Waals surface area contributed by atoms with Crippen molar-refractivity contribution in [2.45, 2.75) is 0 Å². The summed E-state index contributed by atoms with van der Waals surface area (Å²) in [7, 11) is -1.19. The van der Waals surface area contributed by atoms with Gasteiger partial charge in [0.25, 0.3) is 0 Å². The van der Waals surface area contributed by atoms with Gasteiger partial charge < -0.3 is 9.30 Å². The molecule has 0 saturated heterocycles. The number of methoxy groups -OCH3 is 1. The Balaban J connectivity index is 2.06. The Morgan fingerprint density at radius 3 is 1.92 bits per heavy atom. The van der Waals surface area contributed by atoms with Gasteiger partial charge in [0.15, 0.2) is 7.14 Å². The van der Waals surface area contributed by atoms with Crippen LogP contribution in [-0.4, -0.2) is 7.11 Å². The number of rotatable bonds is 5. The molecule has 0 aliphatic heterocycles. The lowest BCUT2D eigenvalue weighted by molar-refractivity contribution is 0.414. The van der Waals surface area contributed by atoms with E-state index in [0.29, 0.717) is 0 Å². The van der Waals surface area contributed by atoms with Gasteiger partial charge in [0.05, 0.1) is 7.11 Å². The van der Waals surface area contributed by atoms with E-state index in [4.69, 9.17) is 4.74 Å². The van der Waals surface area contributed by atoms with E-state index in [1.807, 2.05) is 96.8 Å². The summed E-state index contributed by atoms with van der Waals surface area (Å²) in [6.07, 6.45) is 1.91.